The summed E-state index contributed by atoms with van der Waals surface area (Å²) in [5.41, 5.74) is 2.17. The van der Waals surface area contributed by atoms with E-state index < -0.39 is 0 Å². The Labute approximate surface area is 73.4 Å². The van der Waals surface area contributed by atoms with E-state index in [9.17, 15) is 5.21 Å². The average Bonchev–Trinajstić information content (AvgIpc) is 1.92. The van der Waals surface area contributed by atoms with Gasteiger partial charge < -0.3 is 0 Å². The van der Waals surface area contributed by atoms with Crippen LogP contribution in [0.1, 0.15) is 32.0 Å². The van der Waals surface area contributed by atoms with Gasteiger partial charge in [0.1, 0.15) is 0 Å². The van der Waals surface area contributed by atoms with Crippen molar-refractivity contribution in [2.45, 2.75) is 33.1 Å². The molecule has 0 fully saturated rings. The Morgan fingerprint density at radius 3 is 2.33 bits per heavy atom. The van der Waals surface area contributed by atoms with E-state index >= 15 is 0 Å². The van der Waals surface area contributed by atoms with Crippen LogP contribution in [0.5, 0.6) is 0 Å². The fourth-order valence-electron chi connectivity index (χ4n) is 1.37. The number of aromatic nitrogens is 1. The summed E-state index contributed by atoms with van der Waals surface area (Å²) in [4.78, 5) is 0. The predicted octanol–water partition coefficient (Wildman–Crippen LogP) is 1.82. The minimum absolute atomic E-state index is 0.0931. The van der Waals surface area contributed by atoms with Gasteiger partial charge in [0.05, 0.1) is 0 Å². The van der Waals surface area contributed by atoms with Crippen LogP contribution in [0.15, 0.2) is 18.3 Å². The lowest BCUT2D eigenvalue weighted by atomic mass is 9.86. The first-order valence-electron chi connectivity index (χ1n) is 4.14. The molecule has 1 aromatic rings. The normalized spacial score (nSPS) is 11.7. The number of nitrogens with zero attached hydrogens (tertiary/aromatic N) is 1. The fourth-order valence-corrected chi connectivity index (χ4v) is 1.37. The van der Waals surface area contributed by atoms with Crippen molar-refractivity contribution < 1.29 is 9.94 Å². The van der Waals surface area contributed by atoms with Crippen molar-refractivity contribution in [3.63, 3.8) is 0 Å². The molecule has 0 aliphatic rings. The Hall–Kier alpha value is -1.05. The van der Waals surface area contributed by atoms with Crippen LogP contribution in [0.2, 0.25) is 0 Å². The first-order chi connectivity index (χ1) is 5.43. The summed E-state index contributed by atoms with van der Waals surface area (Å²) in [6, 6.07) is 3.90. The molecule has 1 heterocycles. The first-order valence-corrected chi connectivity index (χ1v) is 4.14. The molecule has 0 unspecified atom stereocenters. The molecule has 1 N–H and O–H groups in total. The van der Waals surface area contributed by atoms with Crippen LogP contribution in [0.3, 0.4) is 0 Å². The van der Waals surface area contributed by atoms with Gasteiger partial charge in [0.2, 0.25) is 11.9 Å². The van der Waals surface area contributed by atoms with Gasteiger partial charge in [-0.15, -0.1) is 0 Å². The molecule has 0 saturated carbocycles. The molecule has 0 aliphatic carbocycles. The molecule has 0 saturated heterocycles. The summed E-state index contributed by atoms with van der Waals surface area (Å²) in [6.07, 6.45) is 1.64. The number of pyridine rings is 1. The quantitative estimate of drug-likeness (QED) is 0.461. The Balaban J connectivity index is 3.26. The zero-order chi connectivity index (χ0) is 9.35. The summed E-state index contributed by atoms with van der Waals surface area (Å²) in [5.74, 6) is 0. The lowest BCUT2D eigenvalue weighted by Crippen LogP contribution is -2.36. The molecular weight excluding hydrogens is 150 g/mol. The maximum atomic E-state index is 9.38. The standard InChI is InChI=1S/C10H16NO/c1-8-9(10(2,3)4)6-5-7-11(8)12/h5-7,12H,1-4H3/q+1. The van der Waals surface area contributed by atoms with Gasteiger partial charge in [-0.25, -0.2) is 0 Å². The van der Waals surface area contributed by atoms with Gasteiger partial charge in [-0.3, -0.25) is 5.21 Å². The van der Waals surface area contributed by atoms with Crippen molar-refractivity contribution in [2.75, 3.05) is 0 Å². The Kier molecular flexibility index (Phi) is 2.09. The third-order valence-electron chi connectivity index (χ3n) is 2.03. The maximum Gasteiger partial charge on any atom is 0.234 e. The number of hydrogen-bond donors (Lipinski definition) is 1. The van der Waals surface area contributed by atoms with Crippen molar-refractivity contribution in [3.05, 3.63) is 29.6 Å². The summed E-state index contributed by atoms with van der Waals surface area (Å²) in [7, 11) is 0. The molecule has 2 heteroatoms. The van der Waals surface area contributed by atoms with Crippen LogP contribution >= 0.6 is 0 Å². The lowest BCUT2D eigenvalue weighted by molar-refractivity contribution is -0.909. The number of hydrogen-bond acceptors (Lipinski definition) is 1. The van der Waals surface area contributed by atoms with Gasteiger partial charge in [-0.2, -0.15) is 0 Å². The summed E-state index contributed by atoms with van der Waals surface area (Å²) in [6.45, 7) is 8.32. The van der Waals surface area contributed by atoms with Crippen molar-refractivity contribution in [2.24, 2.45) is 0 Å². The van der Waals surface area contributed by atoms with Crippen LogP contribution in [-0.4, -0.2) is 5.21 Å². The van der Waals surface area contributed by atoms with Crippen molar-refractivity contribution in [3.8, 4) is 0 Å². The molecule has 1 rings (SSSR count). The van der Waals surface area contributed by atoms with E-state index in [-0.39, 0.29) is 5.41 Å². The second-order valence-electron chi connectivity index (χ2n) is 4.10. The number of rotatable bonds is 0. The molecule has 1 aromatic heterocycles. The second kappa shape index (κ2) is 2.77. The third-order valence-corrected chi connectivity index (χ3v) is 2.03. The van der Waals surface area contributed by atoms with Gasteiger partial charge in [0, 0.05) is 23.3 Å². The molecule has 0 atom stereocenters. The molecule has 2 nitrogen and oxygen atoms in total. The monoisotopic (exact) mass is 166 g/mol. The van der Waals surface area contributed by atoms with E-state index in [2.05, 4.69) is 20.8 Å². The van der Waals surface area contributed by atoms with Crippen molar-refractivity contribution in [1.82, 2.24) is 0 Å². The highest BCUT2D eigenvalue weighted by Gasteiger charge is 2.21. The second-order valence-corrected chi connectivity index (χ2v) is 4.10. The topological polar surface area (TPSA) is 24.1 Å². The predicted molar refractivity (Wildman–Crippen MR) is 47.3 cm³/mol. The van der Waals surface area contributed by atoms with E-state index in [4.69, 9.17) is 0 Å². The Morgan fingerprint density at radius 2 is 1.92 bits per heavy atom. The van der Waals surface area contributed by atoms with E-state index in [1.54, 1.807) is 6.20 Å². The molecular formula is C10H16NO+. The third kappa shape index (κ3) is 1.58. The summed E-state index contributed by atoms with van der Waals surface area (Å²) in [5, 5.41) is 9.38. The van der Waals surface area contributed by atoms with E-state index in [0.29, 0.717) is 0 Å². The van der Waals surface area contributed by atoms with Crippen LogP contribution in [0.25, 0.3) is 0 Å². The molecule has 0 spiro atoms. The molecule has 0 aliphatic heterocycles. The largest absolute Gasteiger partial charge is 0.285 e. The van der Waals surface area contributed by atoms with Crippen LogP contribution in [-0.2, 0) is 5.41 Å². The van der Waals surface area contributed by atoms with Gasteiger partial charge >= 0.3 is 0 Å². The molecule has 0 amide bonds. The highest BCUT2D eigenvalue weighted by Crippen LogP contribution is 2.22. The molecule has 12 heavy (non-hydrogen) atoms. The van der Waals surface area contributed by atoms with Crippen molar-refractivity contribution in [1.29, 1.82) is 0 Å². The molecule has 0 aromatic carbocycles. The molecule has 0 bridgehead atoms. The Bertz CT molecular complexity index is 286. The van der Waals surface area contributed by atoms with E-state index in [1.807, 2.05) is 19.1 Å². The lowest BCUT2D eigenvalue weighted by Gasteiger charge is -2.17. The van der Waals surface area contributed by atoms with Gasteiger partial charge in [0.15, 0.2) is 0 Å². The van der Waals surface area contributed by atoms with Crippen LogP contribution in [0.4, 0.5) is 0 Å². The zero-order valence-corrected chi connectivity index (χ0v) is 8.13. The zero-order valence-electron chi connectivity index (χ0n) is 8.13. The smallest absolute Gasteiger partial charge is 0.234 e. The Morgan fingerprint density at radius 1 is 1.33 bits per heavy atom. The highest BCUT2D eigenvalue weighted by atomic mass is 16.5. The van der Waals surface area contributed by atoms with E-state index in [1.165, 1.54) is 10.3 Å². The molecule has 0 radical (unpaired) electrons. The first kappa shape index (κ1) is 9.04. The molecule has 66 valence electrons. The van der Waals surface area contributed by atoms with Gasteiger partial charge in [-0.05, 0) is 11.5 Å². The summed E-state index contributed by atoms with van der Waals surface area (Å²) < 4.78 is 1.17. The SMILES string of the molecule is Cc1c(C(C)(C)C)ccc[n+]1O. The minimum atomic E-state index is 0.0931. The van der Waals surface area contributed by atoms with Gasteiger partial charge in [0.25, 0.3) is 0 Å². The fraction of sp³-hybridized carbons (Fsp3) is 0.500. The van der Waals surface area contributed by atoms with Crippen LogP contribution < -0.4 is 4.73 Å². The van der Waals surface area contributed by atoms with E-state index in [0.717, 1.165) is 5.69 Å². The van der Waals surface area contributed by atoms with Gasteiger partial charge in [-0.1, -0.05) is 20.8 Å². The van der Waals surface area contributed by atoms with Crippen molar-refractivity contribution >= 4 is 0 Å². The summed E-state index contributed by atoms with van der Waals surface area (Å²) >= 11 is 0. The highest BCUT2D eigenvalue weighted by molar-refractivity contribution is 5.22. The average molecular weight is 166 g/mol. The maximum absolute atomic E-state index is 9.38. The van der Waals surface area contributed by atoms with Crippen LogP contribution in [0, 0.1) is 6.92 Å². The minimum Gasteiger partial charge on any atom is -0.285 e.